The number of rotatable bonds is 4. The van der Waals surface area contributed by atoms with Crippen molar-refractivity contribution in [3.05, 3.63) is 113 Å². The molecule has 4 aromatic carbocycles. The van der Waals surface area contributed by atoms with Gasteiger partial charge in [0, 0.05) is 36.2 Å². The molecule has 0 saturated heterocycles. The second-order valence-corrected chi connectivity index (χ2v) is 12.6. The van der Waals surface area contributed by atoms with E-state index >= 15 is 0 Å². The summed E-state index contributed by atoms with van der Waals surface area (Å²) in [6, 6.07) is 23.0. The Morgan fingerprint density at radius 2 is 1.47 bits per heavy atom. The Labute approximate surface area is 269 Å². The van der Waals surface area contributed by atoms with Crippen molar-refractivity contribution in [3.8, 4) is 33.5 Å². The Hall–Kier alpha value is -4.17. The fourth-order valence-corrected chi connectivity index (χ4v) is 6.52. The SMILES string of the molecule is [2H]C([2H])([2H])c1cnc(-c2cccc3c2oc2c(C([2H])([2H])[2H])cccc23)cc1-c1ccc(-c2ccc(C3([2H])CCC(C)(C)CC3)cc2C)cc1C([2H])([2H])[2H]. The standard InChI is InChI=1S/C41H41NO/c1-25-9-7-10-34-35-11-8-12-36(40(35)43-39(25)34)38-23-37(28(4)24-42-38)33-16-14-31(22-27(33)3)32-15-13-30(21-26(32)2)29-17-19-41(5,6)20-18-29/h7-16,21-24,29H,17-20H2,1-6H3/i1D3,3D3,4D3,29D. The summed E-state index contributed by atoms with van der Waals surface area (Å²) in [5.41, 5.74) is 5.52. The minimum atomic E-state index is -2.61. The van der Waals surface area contributed by atoms with Gasteiger partial charge in [0.15, 0.2) is 0 Å². The maximum atomic E-state index is 9.25. The van der Waals surface area contributed by atoms with E-state index in [2.05, 4.69) is 18.8 Å². The van der Waals surface area contributed by atoms with Crippen LogP contribution in [0.2, 0.25) is 0 Å². The summed E-state index contributed by atoms with van der Waals surface area (Å²) in [4.78, 5) is 4.53. The van der Waals surface area contributed by atoms with E-state index in [0.29, 0.717) is 33.2 Å². The van der Waals surface area contributed by atoms with E-state index < -0.39 is 26.4 Å². The van der Waals surface area contributed by atoms with Crippen LogP contribution in [0.1, 0.15) is 86.9 Å². The van der Waals surface area contributed by atoms with Gasteiger partial charge in [0.25, 0.3) is 0 Å². The first-order chi connectivity index (χ1) is 24.7. The fourth-order valence-electron chi connectivity index (χ4n) is 6.52. The van der Waals surface area contributed by atoms with Gasteiger partial charge in [0.2, 0.25) is 0 Å². The molecule has 216 valence electrons. The van der Waals surface area contributed by atoms with Crippen molar-refractivity contribution in [1.29, 1.82) is 0 Å². The Morgan fingerprint density at radius 1 is 0.721 bits per heavy atom. The lowest BCUT2D eigenvalue weighted by Gasteiger charge is -2.34. The van der Waals surface area contributed by atoms with Gasteiger partial charge in [0.05, 0.1) is 5.69 Å². The predicted molar refractivity (Wildman–Crippen MR) is 182 cm³/mol. The zero-order chi connectivity index (χ0) is 38.3. The third-order valence-corrected chi connectivity index (χ3v) is 9.17. The Balaban J connectivity index is 1.36. The van der Waals surface area contributed by atoms with Crippen molar-refractivity contribution in [3.63, 3.8) is 0 Å². The van der Waals surface area contributed by atoms with Crippen LogP contribution in [0.25, 0.3) is 55.4 Å². The van der Waals surface area contributed by atoms with Crippen molar-refractivity contribution >= 4 is 21.9 Å². The molecule has 0 radical (unpaired) electrons. The van der Waals surface area contributed by atoms with Crippen molar-refractivity contribution in [2.24, 2.45) is 5.41 Å². The zero-order valence-electron chi connectivity index (χ0n) is 34.8. The van der Waals surface area contributed by atoms with Gasteiger partial charge < -0.3 is 4.42 Å². The monoisotopic (exact) mass is 573 g/mol. The Bertz CT molecular complexity index is 2370. The number of hydrogen-bond donors (Lipinski definition) is 0. The number of aryl methyl sites for hydroxylation is 4. The smallest absolute Gasteiger partial charge is 0.144 e. The van der Waals surface area contributed by atoms with Crippen LogP contribution in [0.5, 0.6) is 0 Å². The van der Waals surface area contributed by atoms with Crippen LogP contribution in [-0.4, -0.2) is 4.98 Å². The minimum absolute atomic E-state index is 0.00290. The predicted octanol–water partition coefficient (Wildman–Crippen LogP) is 11.9. The van der Waals surface area contributed by atoms with Crippen molar-refractivity contribution in [1.82, 2.24) is 4.98 Å². The molecule has 1 saturated carbocycles. The Morgan fingerprint density at radius 3 is 2.23 bits per heavy atom. The first-order valence-corrected chi connectivity index (χ1v) is 14.9. The molecule has 2 nitrogen and oxygen atoms in total. The summed E-state index contributed by atoms with van der Waals surface area (Å²) < 4.78 is 90.4. The second-order valence-electron chi connectivity index (χ2n) is 12.6. The largest absolute Gasteiger partial charge is 0.455 e. The summed E-state index contributed by atoms with van der Waals surface area (Å²) in [5, 5.41) is 1.29. The lowest BCUT2D eigenvalue weighted by molar-refractivity contribution is 0.224. The van der Waals surface area contributed by atoms with Crippen molar-refractivity contribution in [2.45, 2.75) is 72.9 Å². The molecular weight excluding hydrogens is 522 g/mol. The second kappa shape index (κ2) is 10.5. The van der Waals surface area contributed by atoms with Crippen molar-refractivity contribution in [2.75, 3.05) is 0 Å². The van der Waals surface area contributed by atoms with Gasteiger partial charge in [-0.1, -0.05) is 80.6 Å². The lowest BCUT2D eigenvalue weighted by Crippen LogP contribution is -2.20. The lowest BCUT2D eigenvalue weighted by atomic mass is 9.71. The van der Waals surface area contributed by atoms with Crippen LogP contribution >= 0.6 is 0 Å². The quantitative estimate of drug-likeness (QED) is 0.210. The van der Waals surface area contributed by atoms with E-state index in [1.54, 1.807) is 42.5 Å². The van der Waals surface area contributed by atoms with Gasteiger partial charge in [-0.15, -0.1) is 0 Å². The highest BCUT2D eigenvalue weighted by Crippen LogP contribution is 2.43. The molecule has 1 aliphatic rings. The maximum Gasteiger partial charge on any atom is 0.144 e. The molecule has 0 atom stereocenters. The molecule has 2 aromatic heterocycles. The molecule has 0 spiro atoms. The first-order valence-electron chi connectivity index (χ1n) is 19.9. The molecule has 7 rings (SSSR count). The van der Waals surface area contributed by atoms with Crippen LogP contribution in [0, 0.1) is 32.9 Å². The maximum absolute atomic E-state index is 9.25. The summed E-state index contributed by atoms with van der Waals surface area (Å²) in [5.74, 6) is -0.665. The third-order valence-electron chi connectivity index (χ3n) is 9.17. The third kappa shape index (κ3) is 4.97. The summed E-state index contributed by atoms with van der Waals surface area (Å²) in [7, 11) is 0. The molecule has 6 aromatic rings. The number of aromatic nitrogens is 1. The van der Waals surface area contributed by atoms with Gasteiger partial charge in [-0.2, -0.15) is 0 Å². The van der Waals surface area contributed by atoms with Gasteiger partial charge in [0.1, 0.15) is 11.2 Å². The molecule has 0 aliphatic heterocycles. The zero-order valence-corrected chi connectivity index (χ0v) is 24.8. The number of benzene rings is 4. The van der Waals surface area contributed by atoms with Gasteiger partial charge in [-0.05, 0) is 127 Å². The molecule has 0 unspecified atom stereocenters. The molecule has 2 heteroatoms. The van der Waals surface area contributed by atoms with Crippen LogP contribution < -0.4 is 0 Å². The average molecular weight is 574 g/mol. The molecule has 1 aliphatic carbocycles. The Kier molecular flexibility index (Phi) is 4.52. The van der Waals surface area contributed by atoms with E-state index in [4.69, 9.17) is 16.8 Å². The number of furan rings is 1. The molecule has 0 amide bonds. The number of nitrogens with zero attached hydrogens (tertiary/aromatic N) is 1. The molecule has 0 bridgehead atoms. The fraction of sp³-hybridized carbons (Fsp3) is 0.293. The molecule has 0 N–H and O–H groups in total. The van der Waals surface area contributed by atoms with E-state index in [1.807, 2.05) is 37.3 Å². The minimum Gasteiger partial charge on any atom is -0.455 e. The summed E-state index contributed by atoms with van der Waals surface area (Å²) >= 11 is 0. The van der Waals surface area contributed by atoms with Gasteiger partial charge in [-0.25, -0.2) is 0 Å². The average Bonchev–Trinajstić information content (AvgIpc) is 3.47. The first kappa shape index (κ1) is 18.5. The van der Waals surface area contributed by atoms with E-state index in [9.17, 15) is 1.37 Å². The number of pyridine rings is 1. The van der Waals surface area contributed by atoms with Gasteiger partial charge >= 0.3 is 0 Å². The van der Waals surface area contributed by atoms with E-state index in [0.717, 1.165) is 42.4 Å². The summed E-state index contributed by atoms with van der Waals surface area (Å²) in [6.07, 6.45) is 4.79. The molecule has 43 heavy (non-hydrogen) atoms. The summed E-state index contributed by atoms with van der Waals surface area (Å²) in [6.45, 7) is -1.14. The van der Waals surface area contributed by atoms with Gasteiger partial charge in [-0.3, -0.25) is 4.98 Å². The number of hydrogen-bond acceptors (Lipinski definition) is 2. The van der Waals surface area contributed by atoms with Crippen LogP contribution in [0.4, 0.5) is 0 Å². The highest BCUT2D eigenvalue weighted by molar-refractivity contribution is 6.10. The van der Waals surface area contributed by atoms with E-state index in [-0.39, 0.29) is 38.8 Å². The topological polar surface area (TPSA) is 26.0 Å². The van der Waals surface area contributed by atoms with Crippen LogP contribution in [0.3, 0.4) is 0 Å². The highest BCUT2D eigenvalue weighted by Gasteiger charge is 2.27. The van der Waals surface area contributed by atoms with E-state index in [1.165, 1.54) is 12.3 Å². The number of fused-ring (bicyclic) bond motifs is 3. The van der Waals surface area contributed by atoms with Crippen LogP contribution in [-0.2, 0) is 0 Å². The van der Waals surface area contributed by atoms with Crippen LogP contribution in [0.15, 0.2) is 89.5 Å². The number of para-hydroxylation sites is 2. The van der Waals surface area contributed by atoms with Crippen molar-refractivity contribution < 1.29 is 18.1 Å². The molecular formula is C41H41NO. The normalized spacial score (nSPS) is 20.4. The molecule has 1 fully saturated rings. The molecule has 2 heterocycles. The highest BCUT2D eigenvalue weighted by atomic mass is 16.3.